The quantitative estimate of drug-likeness (QED) is 0.382. The van der Waals surface area contributed by atoms with Crippen molar-refractivity contribution in [3.05, 3.63) is 47.5 Å². The van der Waals surface area contributed by atoms with E-state index in [-0.39, 0.29) is 18.5 Å². The van der Waals surface area contributed by atoms with E-state index in [9.17, 15) is 18.4 Å². The number of halogens is 2. The Morgan fingerprint density at radius 3 is 2.58 bits per heavy atom. The first-order valence-electron chi connectivity index (χ1n) is 8.59. The van der Waals surface area contributed by atoms with Gasteiger partial charge in [0.15, 0.2) is 0 Å². The number of benzene rings is 1. The summed E-state index contributed by atoms with van der Waals surface area (Å²) in [4.78, 5) is 24.3. The zero-order chi connectivity index (χ0) is 19.4. The van der Waals surface area contributed by atoms with Crippen molar-refractivity contribution in [2.45, 2.75) is 45.1 Å². The second-order valence-electron chi connectivity index (χ2n) is 5.83. The van der Waals surface area contributed by atoms with Gasteiger partial charge in [-0.05, 0) is 30.2 Å². The molecule has 0 aliphatic rings. The molecule has 0 bridgehead atoms. The minimum atomic E-state index is -0.961. The van der Waals surface area contributed by atoms with Crippen molar-refractivity contribution in [3.63, 3.8) is 0 Å². The second kappa shape index (κ2) is 11.8. The summed E-state index contributed by atoms with van der Waals surface area (Å²) in [6.45, 7) is 2.30. The van der Waals surface area contributed by atoms with E-state index in [2.05, 4.69) is 16.6 Å². The Morgan fingerprint density at radius 1 is 1.27 bits per heavy atom. The molecule has 2 amide bonds. The molecule has 26 heavy (non-hydrogen) atoms. The number of rotatable bonds is 10. The third kappa shape index (κ3) is 8.43. The molecule has 140 valence electrons. The molecule has 1 aromatic rings. The van der Waals surface area contributed by atoms with Crippen LogP contribution in [0.4, 0.5) is 8.78 Å². The van der Waals surface area contributed by atoms with Gasteiger partial charge in [0.1, 0.15) is 17.7 Å². The van der Waals surface area contributed by atoms with Crippen molar-refractivity contribution in [2.75, 3.05) is 6.54 Å². The molecule has 4 nitrogen and oxygen atoms in total. The van der Waals surface area contributed by atoms with Crippen LogP contribution in [0.2, 0.25) is 0 Å². The third-order valence-electron chi connectivity index (χ3n) is 3.56. The number of carbonyl (C=O) groups is 2. The first-order chi connectivity index (χ1) is 12.5. The summed E-state index contributed by atoms with van der Waals surface area (Å²) in [7, 11) is 0. The number of terminal acetylenes is 1. The van der Waals surface area contributed by atoms with Crippen molar-refractivity contribution >= 4 is 11.8 Å². The average molecular weight is 362 g/mol. The molecule has 6 heteroatoms. The Bertz CT molecular complexity index is 661. The number of hydrogen-bond acceptors (Lipinski definition) is 2. The van der Waals surface area contributed by atoms with Crippen LogP contribution in [0, 0.1) is 24.0 Å². The van der Waals surface area contributed by atoms with Crippen LogP contribution in [-0.2, 0) is 16.0 Å². The molecule has 0 saturated heterocycles. The summed E-state index contributed by atoms with van der Waals surface area (Å²) in [6, 6.07) is 2.06. The molecule has 2 N–H and O–H groups in total. The van der Waals surface area contributed by atoms with Gasteiger partial charge in [0.2, 0.25) is 11.8 Å². The Labute approximate surface area is 153 Å². The van der Waals surface area contributed by atoms with Gasteiger partial charge in [-0.3, -0.25) is 9.59 Å². The minimum Gasteiger partial charge on any atom is -0.353 e. The lowest BCUT2D eigenvalue weighted by Crippen LogP contribution is -2.47. The zero-order valence-corrected chi connectivity index (χ0v) is 14.9. The number of carbonyl (C=O) groups excluding carboxylic acids is 2. The summed E-state index contributed by atoms with van der Waals surface area (Å²) in [5, 5.41) is 5.18. The molecule has 0 radical (unpaired) electrons. The fraction of sp³-hybridized carbons (Fsp3) is 0.400. The van der Waals surface area contributed by atoms with Gasteiger partial charge in [-0.15, -0.1) is 12.3 Å². The van der Waals surface area contributed by atoms with Crippen molar-refractivity contribution in [2.24, 2.45) is 0 Å². The summed E-state index contributed by atoms with van der Waals surface area (Å²) >= 11 is 0. The van der Waals surface area contributed by atoms with Gasteiger partial charge in [-0.25, -0.2) is 8.78 Å². The number of amides is 2. The predicted molar refractivity (Wildman–Crippen MR) is 97.1 cm³/mol. The topological polar surface area (TPSA) is 58.2 Å². The van der Waals surface area contributed by atoms with Crippen molar-refractivity contribution in [1.29, 1.82) is 0 Å². The molecule has 0 aliphatic carbocycles. The number of nitrogens with one attached hydrogen (secondary N) is 2. The minimum absolute atomic E-state index is 0.0366. The van der Waals surface area contributed by atoms with Gasteiger partial charge in [0.05, 0.1) is 0 Å². The lowest BCUT2D eigenvalue weighted by atomic mass is 10.0. The molecular weight excluding hydrogens is 338 g/mol. The van der Waals surface area contributed by atoms with E-state index in [1.807, 2.05) is 6.92 Å². The number of hydrogen-bond donors (Lipinski definition) is 2. The molecule has 0 aromatic heterocycles. The summed E-state index contributed by atoms with van der Waals surface area (Å²) in [6.07, 6.45) is 11.3. The fourth-order valence-corrected chi connectivity index (χ4v) is 2.29. The van der Waals surface area contributed by atoms with Crippen molar-refractivity contribution < 1.29 is 18.4 Å². The molecule has 0 spiro atoms. The molecule has 1 atom stereocenters. The number of unbranched alkanes of at least 4 members (excludes halogenated alkanes) is 2. The van der Waals surface area contributed by atoms with E-state index < -0.39 is 29.5 Å². The van der Waals surface area contributed by atoms with Crippen LogP contribution in [0.5, 0.6) is 0 Å². The third-order valence-corrected chi connectivity index (χ3v) is 3.56. The standard InChI is InChI=1S/C20H24F2N2O2/c1-3-5-7-8-9-19(25)24-18(20(26)23-10-6-4-2)13-15-11-16(21)14-17(22)12-15/h2,8-9,11-12,14,18H,3,5-7,10,13H2,1H3,(H,23,26)(H,24,25)/b9-8+. The van der Waals surface area contributed by atoms with Gasteiger partial charge in [0.25, 0.3) is 0 Å². The molecule has 0 heterocycles. The summed E-state index contributed by atoms with van der Waals surface area (Å²) < 4.78 is 26.7. The number of allylic oxidation sites excluding steroid dienone is 1. The monoisotopic (exact) mass is 362 g/mol. The maximum Gasteiger partial charge on any atom is 0.244 e. The molecule has 0 saturated carbocycles. The van der Waals surface area contributed by atoms with Gasteiger partial charge < -0.3 is 10.6 Å². The predicted octanol–water partition coefficient (Wildman–Crippen LogP) is 2.88. The Balaban J connectivity index is 2.80. The van der Waals surface area contributed by atoms with Crippen LogP contribution in [0.1, 0.15) is 38.2 Å². The maximum absolute atomic E-state index is 13.4. The first kappa shape index (κ1) is 21.4. The normalized spacial score (nSPS) is 11.8. The van der Waals surface area contributed by atoms with Crippen LogP contribution in [0.3, 0.4) is 0 Å². The highest BCUT2D eigenvalue weighted by Gasteiger charge is 2.20. The molecular formula is C20H24F2N2O2. The highest BCUT2D eigenvalue weighted by Crippen LogP contribution is 2.10. The lowest BCUT2D eigenvalue weighted by Gasteiger charge is -2.18. The SMILES string of the molecule is C#CCCNC(=O)C(Cc1cc(F)cc(F)c1)NC(=O)/C=C/CCCC. The van der Waals surface area contributed by atoms with E-state index in [1.54, 1.807) is 6.08 Å². The van der Waals surface area contributed by atoms with E-state index >= 15 is 0 Å². The average Bonchev–Trinajstić information content (AvgIpc) is 2.57. The van der Waals surface area contributed by atoms with Crippen LogP contribution >= 0.6 is 0 Å². The van der Waals surface area contributed by atoms with E-state index in [4.69, 9.17) is 6.42 Å². The van der Waals surface area contributed by atoms with E-state index in [1.165, 1.54) is 6.08 Å². The van der Waals surface area contributed by atoms with Crippen LogP contribution < -0.4 is 10.6 Å². The van der Waals surface area contributed by atoms with Gasteiger partial charge in [-0.1, -0.05) is 25.8 Å². The highest BCUT2D eigenvalue weighted by molar-refractivity contribution is 5.93. The second-order valence-corrected chi connectivity index (χ2v) is 5.83. The van der Waals surface area contributed by atoms with Gasteiger partial charge in [0, 0.05) is 25.5 Å². The zero-order valence-electron chi connectivity index (χ0n) is 14.9. The summed E-state index contributed by atoms with van der Waals surface area (Å²) in [5.74, 6) is 0.0243. The van der Waals surface area contributed by atoms with Crippen molar-refractivity contribution in [3.8, 4) is 12.3 Å². The molecule has 1 unspecified atom stereocenters. The highest BCUT2D eigenvalue weighted by atomic mass is 19.1. The van der Waals surface area contributed by atoms with Crippen LogP contribution in [-0.4, -0.2) is 24.4 Å². The largest absolute Gasteiger partial charge is 0.353 e. The fourth-order valence-electron chi connectivity index (χ4n) is 2.29. The Hall–Kier alpha value is -2.68. The maximum atomic E-state index is 13.4. The Morgan fingerprint density at radius 2 is 1.96 bits per heavy atom. The van der Waals surface area contributed by atoms with Gasteiger partial charge >= 0.3 is 0 Å². The molecule has 0 fully saturated rings. The smallest absolute Gasteiger partial charge is 0.244 e. The van der Waals surface area contributed by atoms with Crippen LogP contribution in [0.15, 0.2) is 30.4 Å². The first-order valence-corrected chi connectivity index (χ1v) is 8.59. The summed E-state index contributed by atoms with van der Waals surface area (Å²) in [5.41, 5.74) is 0.273. The van der Waals surface area contributed by atoms with Crippen LogP contribution in [0.25, 0.3) is 0 Å². The lowest BCUT2D eigenvalue weighted by molar-refractivity contribution is -0.127. The van der Waals surface area contributed by atoms with E-state index in [0.717, 1.165) is 37.5 Å². The Kier molecular flexibility index (Phi) is 9.70. The van der Waals surface area contributed by atoms with Crippen molar-refractivity contribution in [1.82, 2.24) is 10.6 Å². The molecule has 0 aliphatic heterocycles. The van der Waals surface area contributed by atoms with Gasteiger partial charge in [-0.2, -0.15) is 0 Å². The van der Waals surface area contributed by atoms with E-state index in [0.29, 0.717) is 6.42 Å². The molecule has 1 aromatic carbocycles. The molecule has 1 rings (SSSR count).